The molecular formula is C16H18N6O. The highest BCUT2D eigenvalue weighted by Gasteiger charge is 2.08. The molecular weight excluding hydrogens is 292 g/mol. The summed E-state index contributed by atoms with van der Waals surface area (Å²) in [5.41, 5.74) is 7.36. The molecule has 7 heteroatoms. The van der Waals surface area contributed by atoms with Gasteiger partial charge < -0.3 is 16.4 Å². The molecule has 2 heterocycles. The number of aromatic nitrogens is 3. The molecule has 0 aliphatic rings. The van der Waals surface area contributed by atoms with Crippen LogP contribution in [0.25, 0.3) is 10.9 Å². The van der Waals surface area contributed by atoms with E-state index in [9.17, 15) is 4.79 Å². The van der Waals surface area contributed by atoms with Crippen molar-refractivity contribution >= 4 is 34.3 Å². The third-order valence-corrected chi connectivity index (χ3v) is 3.40. The number of carbonyl (C=O) groups is 1. The van der Waals surface area contributed by atoms with Gasteiger partial charge >= 0.3 is 6.03 Å². The highest BCUT2D eigenvalue weighted by molar-refractivity contribution is 5.93. The Morgan fingerprint density at radius 3 is 2.91 bits per heavy atom. The fourth-order valence-corrected chi connectivity index (χ4v) is 2.30. The Hall–Kier alpha value is -3.09. The van der Waals surface area contributed by atoms with Crippen LogP contribution in [-0.2, 0) is 0 Å². The first-order chi connectivity index (χ1) is 11.2. The van der Waals surface area contributed by atoms with E-state index >= 15 is 0 Å². The quantitative estimate of drug-likeness (QED) is 0.688. The number of nitrogen functional groups attached to an aromatic ring is 1. The summed E-state index contributed by atoms with van der Waals surface area (Å²) in [5, 5.41) is 7.00. The lowest BCUT2D eigenvalue weighted by atomic mass is 10.2. The van der Waals surface area contributed by atoms with Crippen LogP contribution in [0.2, 0.25) is 0 Å². The van der Waals surface area contributed by atoms with Crippen LogP contribution < -0.4 is 16.4 Å². The van der Waals surface area contributed by atoms with E-state index in [1.54, 1.807) is 16.8 Å². The van der Waals surface area contributed by atoms with Gasteiger partial charge in [-0.25, -0.2) is 14.8 Å². The second kappa shape index (κ2) is 6.35. The number of rotatable bonds is 4. The van der Waals surface area contributed by atoms with Crippen molar-refractivity contribution in [1.29, 1.82) is 0 Å². The van der Waals surface area contributed by atoms with Gasteiger partial charge in [-0.1, -0.05) is 6.92 Å². The minimum atomic E-state index is -0.119. The predicted molar refractivity (Wildman–Crippen MR) is 90.8 cm³/mol. The normalized spacial score (nSPS) is 10.7. The van der Waals surface area contributed by atoms with Crippen molar-refractivity contribution in [3.05, 3.63) is 42.9 Å². The van der Waals surface area contributed by atoms with Gasteiger partial charge in [0.15, 0.2) is 0 Å². The van der Waals surface area contributed by atoms with Crippen LogP contribution in [0, 0.1) is 0 Å². The van der Waals surface area contributed by atoms with Gasteiger partial charge in [0.2, 0.25) is 0 Å². The molecule has 0 atom stereocenters. The van der Waals surface area contributed by atoms with Crippen molar-refractivity contribution in [2.24, 2.45) is 0 Å². The summed E-state index contributed by atoms with van der Waals surface area (Å²) in [5.74, 6) is 1.03. The highest BCUT2D eigenvalue weighted by atomic mass is 16.2. The number of amides is 1. The minimum Gasteiger partial charge on any atom is -0.384 e. The van der Waals surface area contributed by atoms with E-state index in [-0.39, 0.29) is 6.03 Å². The summed E-state index contributed by atoms with van der Waals surface area (Å²) < 4.78 is 1.61. The fourth-order valence-electron chi connectivity index (χ4n) is 2.30. The van der Waals surface area contributed by atoms with Crippen molar-refractivity contribution in [3.8, 4) is 0 Å². The smallest absolute Gasteiger partial charge is 0.326 e. The van der Waals surface area contributed by atoms with Crippen LogP contribution in [0.5, 0.6) is 0 Å². The summed E-state index contributed by atoms with van der Waals surface area (Å²) in [6.07, 6.45) is 4.08. The number of nitrogens with one attached hydrogen (secondary N) is 2. The number of hydrogen-bond acceptors (Lipinski definition) is 5. The zero-order valence-electron chi connectivity index (χ0n) is 12.8. The van der Waals surface area contributed by atoms with Gasteiger partial charge in [0.05, 0.1) is 5.52 Å². The van der Waals surface area contributed by atoms with Gasteiger partial charge in [0.25, 0.3) is 0 Å². The summed E-state index contributed by atoms with van der Waals surface area (Å²) in [7, 11) is 0. The van der Waals surface area contributed by atoms with E-state index in [1.165, 1.54) is 6.33 Å². The van der Waals surface area contributed by atoms with E-state index in [2.05, 4.69) is 20.6 Å². The van der Waals surface area contributed by atoms with E-state index in [0.717, 1.165) is 23.0 Å². The van der Waals surface area contributed by atoms with Crippen LogP contribution in [-0.4, -0.2) is 27.1 Å². The van der Waals surface area contributed by atoms with Crippen LogP contribution in [0.1, 0.15) is 13.3 Å². The van der Waals surface area contributed by atoms with Gasteiger partial charge in [0.1, 0.15) is 18.0 Å². The molecule has 3 rings (SSSR count). The zero-order chi connectivity index (χ0) is 16.2. The Labute approximate surface area is 133 Å². The Kier molecular flexibility index (Phi) is 4.09. The number of benzene rings is 1. The number of fused-ring (bicyclic) bond motifs is 1. The van der Waals surface area contributed by atoms with E-state index in [0.29, 0.717) is 18.2 Å². The first-order valence-electron chi connectivity index (χ1n) is 7.41. The number of nitrogens with zero attached hydrogens (tertiary/aromatic N) is 3. The van der Waals surface area contributed by atoms with Gasteiger partial charge in [-0.15, -0.1) is 0 Å². The molecule has 0 unspecified atom stereocenters. The zero-order valence-corrected chi connectivity index (χ0v) is 12.8. The Morgan fingerprint density at radius 2 is 2.13 bits per heavy atom. The SMILES string of the molecule is CCCNC(=O)n1ccc2cc(Nc3cc(N)ncn3)ccc21. The summed E-state index contributed by atoms with van der Waals surface area (Å²) in [4.78, 5) is 20.1. The minimum absolute atomic E-state index is 0.119. The van der Waals surface area contributed by atoms with E-state index in [4.69, 9.17) is 5.73 Å². The molecule has 0 fully saturated rings. The molecule has 0 radical (unpaired) electrons. The lowest BCUT2D eigenvalue weighted by molar-refractivity contribution is 0.243. The predicted octanol–water partition coefficient (Wildman–Crippen LogP) is 2.72. The first kappa shape index (κ1) is 14.8. The first-order valence-corrected chi connectivity index (χ1v) is 7.41. The molecule has 2 aromatic heterocycles. The third-order valence-electron chi connectivity index (χ3n) is 3.40. The van der Waals surface area contributed by atoms with Crippen molar-refractivity contribution in [3.63, 3.8) is 0 Å². The third kappa shape index (κ3) is 3.23. The standard InChI is InChI=1S/C16H18N6O/c1-2-6-18-16(23)22-7-5-11-8-12(3-4-13(11)22)21-15-9-14(17)19-10-20-15/h3-5,7-10H,2,6H2,1H3,(H,18,23)(H3,17,19,20,21). The molecule has 0 aliphatic carbocycles. The molecule has 7 nitrogen and oxygen atoms in total. The molecule has 0 saturated carbocycles. The van der Waals surface area contributed by atoms with Crippen LogP contribution in [0.15, 0.2) is 42.9 Å². The second-order valence-electron chi connectivity index (χ2n) is 5.14. The molecule has 1 amide bonds. The molecule has 0 aliphatic heterocycles. The van der Waals surface area contributed by atoms with Crippen molar-refractivity contribution in [2.45, 2.75) is 13.3 Å². The second-order valence-corrected chi connectivity index (χ2v) is 5.14. The van der Waals surface area contributed by atoms with Gasteiger partial charge in [-0.2, -0.15) is 0 Å². The molecule has 118 valence electrons. The molecule has 23 heavy (non-hydrogen) atoms. The average Bonchev–Trinajstić information content (AvgIpc) is 2.96. The van der Waals surface area contributed by atoms with Gasteiger partial charge in [-0.3, -0.25) is 4.57 Å². The monoisotopic (exact) mass is 310 g/mol. The van der Waals surface area contributed by atoms with Crippen LogP contribution in [0.3, 0.4) is 0 Å². The topological polar surface area (TPSA) is 97.9 Å². The fraction of sp³-hybridized carbons (Fsp3) is 0.188. The summed E-state index contributed by atoms with van der Waals surface area (Å²) >= 11 is 0. The van der Waals surface area contributed by atoms with Crippen molar-refractivity contribution in [2.75, 3.05) is 17.6 Å². The Balaban J connectivity index is 1.84. The average molecular weight is 310 g/mol. The van der Waals surface area contributed by atoms with Crippen LogP contribution in [0.4, 0.5) is 22.1 Å². The largest absolute Gasteiger partial charge is 0.384 e. The maximum atomic E-state index is 12.1. The number of nitrogens with two attached hydrogens (primary N) is 1. The molecule has 0 bridgehead atoms. The van der Waals surface area contributed by atoms with E-state index in [1.807, 2.05) is 31.2 Å². The van der Waals surface area contributed by atoms with Crippen molar-refractivity contribution in [1.82, 2.24) is 19.9 Å². The lowest BCUT2D eigenvalue weighted by Crippen LogP contribution is -2.28. The van der Waals surface area contributed by atoms with Gasteiger partial charge in [-0.05, 0) is 30.7 Å². The Morgan fingerprint density at radius 1 is 1.26 bits per heavy atom. The molecule has 0 spiro atoms. The molecule has 0 saturated heterocycles. The summed E-state index contributed by atoms with van der Waals surface area (Å²) in [6, 6.07) is 9.19. The van der Waals surface area contributed by atoms with Gasteiger partial charge in [0, 0.05) is 29.9 Å². The maximum absolute atomic E-state index is 12.1. The molecule has 4 N–H and O–H groups in total. The lowest BCUT2D eigenvalue weighted by Gasteiger charge is -2.08. The number of anilines is 3. The molecule has 1 aromatic carbocycles. The molecule has 3 aromatic rings. The highest BCUT2D eigenvalue weighted by Crippen LogP contribution is 2.22. The Bertz CT molecular complexity index is 841. The maximum Gasteiger partial charge on any atom is 0.326 e. The van der Waals surface area contributed by atoms with Crippen LogP contribution >= 0.6 is 0 Å². The van der Waals surface area contributed by atoms with E-state index < -0.39 is 0 Å². The number of carbonyl (C=O) groups excluding carboxylic acids is 1. The van der Waals surface area contributed by atoms with Crippen molar-refractivity contribution < 1.29 is 4.79 Å². The summed E-state index contributed by atoms with van der Waals surface area (Å²) in [6.45, 7) is 2.68. The number of hydrogen-bond donors (Lipinski definition) is 3.